The van der Waals surface area contributed by atoms with Gasteiger partial charge >= 0.3 is 0 Å². The van der Waals surface area contributed by atoms with Crippen molar-refractivity contribution in [3.05, 3.63) is 58.0 Å². The van der Waals surface area contributed by atoms with Crippen LogP contribution in [0.5, 0.6) is 0 Å². The number of thiophene rings is 1. The molecule has 25 heavy (non-hydrogen) atoms. The van der Waals surface area contributed by atoms with Gasteiger partial charge < -0.3 is 5.32 Å². The van der Waals surface area contributed by atoms with Gasteiger partial charge in [-0.1, -0.05) is 18.2 Å². The zero-order valence-electron chi connectivity index (χ0n) is 13.8. The Morgan fingerprint density at radius 2 is 2.00 bits per heavy atom. The maximum absolute atomic E-state index is 13.2. The average Bonchev–Trinajstić information content (AvgIpc) is 3.29. The van der Waals surface area contributed by atoms with E-state index in [9.17, 15) is 14.4 Å². The summed E-state index contributed by atoms with van der Waals surface area (Å²) in [7, 11) is 0. The molecule has 6 heteroatoms. The van der Waals surface area contributed by atoms with Crippen LogP contribution in [0.15, 0.2) is 41.8 Å². The number of hydrogen-bond donors (Lipinski definition) is 2. The summed E-state index contributed by atoms with van der Waals surface area (Å²) in [4.78, 5) is 13.4. The molecule has 2 N–H and O–H groups in total. The summed E-state index contributed by atoms with van der Waals surface area (Å²) in [5.74, 6) is -0.476. The molecule has 1 aromatic carbocycles. The van der Waals surface area contributed by atoms with Crippen molar-refractivity contribution >= 4 is 17.2 Å². The van der Waals surface area contributed by atoms with Gasteiger partial charge in [0.25, 0.3) is 0 Å². The largest absolute Gasteiger partial charge is 0.337 e. The number of nitrogens with zero attached hydrogens (tertiary/aromatic N) is 1. The number of nitriles is 1. The van der Waals surface area contributed by atoms with E-state index in [0.29, 0.717) is 12.8 Å². The number of carbonyl (C=O) groups excluding carboxylic acids is 1. The van der Waals surface area contributed by atoms with E-state index in [1.165, 1.54) is 12.1 Å². The van der Waals surface area contributed by atoms with E-state index in [1.807, 2.05) is 17.5 Å². The van der Waals surface area contributed by atoms with Gasteiger partial charge in [-0.2, -0.15) is 5.26 Å². The van der Waals surface area contributed by atoms with Crippen LogP contribution in [-0.2, 0) is 4.79 Å². The lowest BCUT2D eigenvalue weighted by atomic mass is 10.00. The summed E-state index contributed by atoms with van der Waals surface area (Å²) in [6.45, 7) is 0.101. The number of rotatable bonds is 6. The Balaban J connectivity index is 1.68. The molecule has 0 saturated heterocycles. The van der Waals surface area contributed by atoms with E-state index in [4.69, 9.17) is 0 Å². The van der Waals surface area contributed by atoms with Crippen LogP contribution in [0.3, 0.4) is 0 Å². The molecule has 1 heterocycles. The van der Waals surface area contributed by atoms with E-state index >= 15 is 0 Å². The maximum Gasteiger partial charge on any atom is 0.235 e. The Hall–Kier alpha value is -2.23. The second-order valence-corrected chi connectivity index (χ2v) is 7.31. The highest BCUT2D eigenvalue weighted by Crippen LogP contribution is 2.29. The topological polar surface area (TPSA) is 64.9 Å². The first kappa shape index (κ1) is 17.6. The summed E-state index contributed by atoms with van der Waals surface area (Å²) >= 11 is 1.58. The molecule has 0 unspecified atom stereocenters. The van der Waals surface area contributed by atoms with Crippen LogP contribution in [0.25, 0.3) is 0 Å². The molecular formula is C19H20FN3OS. The number of benzene rings is 1. The number of hydrogen-bond acceptors (Lipinski definition) is 4. The first-order valence-corrected chi connectivity index (χ1v) is 9.24. The summed E-state index contributed by atoms with van der Waals surface area (Å²) in [6, 6.07) is 12.3. The molecule has 0 radical (unpaired) electrons. The Kier molecular flexibility index (Phi) is 5.47. The second-order valence-electron chi connectivity index (χ2n) is 6.33. The maximum atomic E-state index is 13.2. The summed E-state index contributed by atoms with van der Waals surface area (Å²) in [5, 5.41) is 17.5. The predicted molar refractivity (Wildman–Crippen MR) is 95.5 cm³/mol. The average molecular weight is 357 g/mol. The third-order valence-corrected chi connectivity index (χ3v) is 5.48. The molecule has 0 bridgehead atoms. The Labute approximate surface area is 150 Å². The van der Waals surface area contributed by atoms with Crippen LogP contribution >= 0.6 is 11.3 Å². The predicted octanol–water partition coefficient (Wildman–Crippen LogP) is 3.52. The zero-order chi connectivity index (χ0) is 17.7. The van der Waals surface area contributed by atoms with Gasteiger partial charge in [0.05, 0.1) is 18.7 Å². The quantitative estimate of drug-likeness (QED) is 0.831. The molecular weight excluding hydrogens is 337 g/mol. The van der Waals surface area contributed by atoms with Gasteiger partial charge in [0.1, 0.15) is 11.4 Å². The van der Waals surface area contributed by atoms with Crippen molar-refractivity contribution in [3.63, 3.8) is 0 Å². The van der Waals surface area contributed by atoms with Crippen LogP contribution in [0.4, 0.5) is 4.39 Å². The molecule has 130 valence electrons. The summed E-state index contributed by atoms with van der Waals surface area (Å²) < 4.78 is 13.2. The SMILES string of the molecule is N#CC1(NC(=O)CN[C@H](c2ccc(F)cc2)c2cccs2)CCCC1. The number of amides is 1. The lowest BCUT2D eigenvalue weighted by Gasteiger charge is -2.23. The van der Waals surface area contributed by atoms with Gasteiger partial charge in [0.2, 0.25) is 5.91 Å². The molecule has 0 spiro atoms. The van der Waals surface area contributed by atoms with Crippen molar-refractivity contribution in [1.29, 1.82) is 5.26 Å². The van der Waals surface area contributed by atoms with Gasteiger partial charge in [-0.25, -0.2) is 4.39 Å². The monoisotopic (exact) mass is 357 g/mol. The molecule has 1 amide bonds. The number of nitrogens with one attached hydrogen (secondary N) is 2. The third-order valence-electron chi connectivity index (χ3n) is 4.55. The van der Waals surface area contributed by atoms with Crippen molar-refractivity contribution in [2.75, 3.05) is 6.54 Å². The molecule has 3 rings (SSSR count). The van der Waals surface area contributed by atoms with E-state index in [-0.39, 0.29) is 24.3 Å². The minimum absolute atomic E-state index is 0.101. The molecule has 1 saturated carbocycles. The molecule has 1 fully saturated rings. The first-order valence-electron chi connectivity index (χ1n) is 8.36. The molecule has 1 atom stereocenters. The van der Waals surface area contributed by atoms with Crippen LogP contribution in [0, 0.1) is 17.1 Å². The minimum Gasteiger partial charge on any atom is -0.337 e. The second kappa shape index (κ2) is 7.77. The molecule has 0 aliphatic heterocycles. The normalized spacial score (nSPS) is 17.0. The Morgan fingerprint density at radius 3 is 2.60 bits per heavy atom. The lowest BCUT2D eigenvalue weighted by molar-refractivity contribution is -0.121. The Morgan fingerprint density at radius 1 is 1.28 bits per heavy atom. The van der Waals surface area contributed by atoms with Crippen molar-refractivity contribution < 1.29 is 9.18 Å². The van der Waals surface area contributed by atoms with Gasteiger partial charge in [0.15, 0.2) is 0 Å². The lowest BCUT2D eigenvalue weighted by Crippen LogP contribution is -2.48. The highest BCUT2D eigenvalue weighted by atomic mass is 32.1. The minimum atomic E-state index is -0.715. The third kappa shape index (κ3) is 4.25. The molecule has 1 aliphatic rings. The summed E-state index contributed by atoms with van der Waals surface area (Å²) in [5.41, 5.74) is 0.181. The zero-order valence-corrected chi connectivity index (χ0v) is 14.6. The van der Waals surface area contributed by atoms with Gasteiger partial charge in [-0.05, 0) is 54.8 Å². The van der Waals surface area contributed by atoms with E-state index in [1.54, 1.807) is 23.5 Å². The van der Waals surface area contributed by atoms with Gasteiger partial charge in [-0.3, -0.25) is 10.1 Å². The van der Waals surface area contributed by atoms with E-state index in [2.05, 4.69) is 16.7 Å². The fourth-order valence-electron chi connectivity index (χ4n) is 3.24. The standard InChI is InChI=1S/C19H20FN3OS/c20-15-7-5-14(6-8-15)18(16-4-3-11-25-16)22-12-17(24)23-19(13-21)9-1-2-10-19/h3-8,11,18,22H,1-2,9-10,12H2,(H,23,24)/t18-/m1/s1. The van der Waals surface area contributed by atoms with Crippen LogP contribution in [0.1, 0.15) is 42.2 Å². The van der Waals surface area contributed by atoms with E-state index in [0.717, 1.165) is 23.3 Å². The van der Waals surface area contributed by atoms with Crippen molar-refractivity contribution in [3.8, 4) is 6.07 Å². The van der Waals surface area contributed by atoms with Crippen molar-refractivity contribution in [2.24, 2.45) is 0 Å². The van der Waals surface area contributed by atoms with Crippen LogP contribution < -0.4 is 10.6 Å². The molecule has 1 aliphatic carbocycles. The molecule has 1 aromatic heterocycles. The molecule has 4 nitrogen and oxygen atoms in total. The smallest absolute Gasteiger partial charge is 0.235 e. The van der Waals surface area contributed by atoms with Gasteiger partial charge in [-0.15, -0.1) is 11.3 Å². The number of halogens is 1. The fourth-order valence-corrected chi connectivity index (χ4v) is 4.07. The summed E-state index contributed by atoms with van der Waals surface area (Å²) in [6.07, 6.45) is 3.35. The highest BCUT2D eigenvalue weighted by molar-refractivity contribution is 7.10. The molecule has 2 aromatic rings. The van der Waals surface area contributed by atoms with Crippen LogP contribution in [0.2, 0.25) is 0 Å². The van der Waals surface area contributed by atoms with Crippen LogP contribution in [-0.4, -0.2) is 18.0 Å². The number of carbonyl (C=O) groups is 1. The highest BCUT2D eigenvalue weighted by Gasteiger charge is 2.35. The Bertz CT molecular complexity index is 746. The van der Waals surface area contributed by atoms with E-state index < -0.39 is 5.54 Å². The van der Waals surface area contributed by atoms with Gasteiger partial charge in [0, 0.05) is 4.88 Å². The van der Waals surface area contributed by atoms with Crippen molar-refractivity contribution in [1.82, 2.24) is 10.6 Å². The fraction of sp³-hybridized carbons (Fsp3) is 0.368. The first-order chi connectivity index (χ1) is 12.1. The van der Waals surface area contributed by atoms with Crippen molar-refractivity contribution in [2.45, 2.75) is 37.3 Å².